The molecule has 112 valence electrons. The number of piperazine rings is 1. The highest BCUT2D eigenvalue weighted by Crippen LogP contribution is 2.39. The van der Waals surface area contributed by atoms with Crippen molar-refractivity contribution in [2.24, 2.45) is 5.92 Å². The molecule has 2 fully saturated rings. The zero-order chi connectivity index (χ0) is 14.7. The Hall–Kier alpha value is -1.71. The Balaban J connectivity index is 1.57. The second-order valence-corrected chi connectivity index (χ2v) is 5.92. The first kappa shape index (κ1) is 14.2. The Bertz CT molecular complexity index is 501. The molecule has 0 aromatic carbocycles. The summed E-state index contributed by atoms with van der Waals surface area (Å²) in [5.41, 5.74) is -0.370. The normalized spacial score (nSPS) is 22.6. The van der Waals surface area contributed by atoms with Gasteiger partial charge >= 0.3 is 0 Å². The lowest BCUT2D eigenvalue weighted by Gasteiger charge is -2.39. The van der Waals surface area contributed by atoms with Crippen molar-refractivity contribution < 1.29 is 0 Å². The predicted molar refractivity (Wildman–Crippen MR) is 80.8 cm³/mol. The second-order valence-electron chi connectivity index (χ2n) is 5.92. The summed E-state index contributed by atoms with van der Waals surface area (Å²) in [4.78, 5) is 13.2. The van der Waals surface area contributed by atoms with Crippen molar-refractivity contribution in [1.29, 1.82) is 5.26 Å². The van der Waals surface area contributed by atoms with Gasteiger partial charge in [0.05, 0.1) is 6.07 Å². The van der Waals surface area contributed by atoms with E-state index in [1.54, 1.807) is 12.4 Å². The van der Waals surface area contributed by atoms with Crippen LogP contribution in [0.5, 0.6) is 0 Å². The van der Waals surface area contributed by atoms with Crippen LogP contribution in [0.15, 0.2) is 18.5 Å². The highest BCUT2D eigenvalue weighted by molar-refractivity contribution is 5.29. The third-order valence-electron chi connectivity index (χ3n) is 4.60. The molecule has 1 N–H and O–H groups in total. The molecule has 3 rings (SSSR count). The van der Waals surface area contributed by atoms with Crippen LogP contribution < -0.4 is 10.2 Å². The SMILES string of the molecule is CNC(C#N)(CN1CCN(c2ncccn2)CC1)C1CC1. The van der Waals surface area contributed by atoms with Crippen LogP contribution in [0.2, 0.25) is 0 Å². The number of likely N-dealkylation sites (N-methyl/N-ethyl adjacent to an activating group) is 1. The Labute approximate surface area is 125 Å². The molecule has 1 aromatic heterocycles. The molecule has 1 atom stereocenters. The Morgan fingerprint density at radius 2 is 1.95 bits per heavy atom. The summed E-state index contributed by atoms with van der Waals surface area (Å²) in [5.74, 6) is 1.32. The second kappa shape index (κ2) is 5.96. The van der Waals surface area contributed by atoms with E-state index in [0.29, 0.717) is 5.92 Å². The van der Waals surface area contributed by atoms with Gasteiger partial charge in [0.25, 0.3) is 0 Å². The average Bonchev–Trinajstić information content (AvgIpc) is 3.39. The molecule has 1 aliphatic carbocycles. The molecule has 1 aliphatic heterocycles. The Morgan fingerprint density at radius 1 is 1.29 bits per heavy atom. The van der Waals surface area contributed by atoms with Crippen LogP contribution in [0.25, 0.3) is 0 Å². The topological polar surface area (TPSA) is 68.1 Å². The highest BCUT2D eigenvalue weighted by Gasteiger charge is 2.45. The van der Waals surface area contributed by atoms with Gasteiger partial charge in [0.1, 0.15) is 5.54 Å². The van der Waals surface area contributed by atoms with Crippen molar-refractivity contribution in [3.63, 3.8) is 0 Å². The van der Waals surface area contributed by atoms with Crippen molar-refractivity contribution in [3.05, 3.63) is 18.5 Å². The molecule has 1 aromatic rings. The summed E-state index contributed by atoms with van der Waals surface area (Å²) in [7, 11) is 1.91. The molecule has 0 amide bonds. The largest absolute Gasteiger partial charge is 0.338 e. The van der Waals surface area contributed by atoms with Gasteiger partial charge in [-0.15, -0.1) is 0 Å². The summed E-state index contributed by atoms with van der Waals surface area (Å²) in [6, 6.07) is 4.36. The molecule has 6 nitrogen and oxygen atoms in total. The minimum Gasteiger partial charge on any atom is -0.338 e. The molecule has 0 bridgehead atoms. The lowest BCUT2D eigenvalue weighted by Crippen LogP contribution is -2.57. The quantitative estimate of drug-likeness (QED) is 0.849. The van der Waals surface area contributed by atoms with Crippen LogP contribution in [-0.4, -0.2) is 60.2 Å². The summed E-state index contributed by atoms with van der Waals surface area (Å²) < 4.78 is 0. The van der Waals surface area contributed by atoms with Crippen molar-refractivity contribution in [1.82, 2.24) is 20.2 Å². The standard InChI is InChI=1S/C15H22N6/c1-17-15(11-16,13-3-4-13)12-20-7-9-21(10-8-20)14-18-5-2-6-19-14/h2,5-6,13,17H,3-4,7-10,12H2,1H3. The first-order valence-electron chi connectivity index (χ1n) is 7.62. The smallest absolute Gasteiger partial charge is 0.225 e. The molecule has 0 spiro atoms. The minimum atomic E-state index is -0.370. The van der Waals surface area contributed by atoms with Gasteiger partial charge in [0, 0.05) is 45.1 Å². The zero-order valence-corrected chi connectivity index (χ0v) is 12.5. The zero-order valence-electron chi connectivity index (χ0n) is 12.5. The molecule has 1 saturated carbocycles. The van der Waals surface area contributed by atoms with E-state index < -0.39 is 0 Å². The fraction of sp³-hybridized carbons (Fsp3) is 0.667. The van der Waals surface area contributed by atoms with Crippen LogP contribution in [0, 0.1) is 17.2 Å². The number of nitrogens with one attached hydrogen (secondary N) is 1. The lowest BCUT2D eigenvalue weighted by atomic mass is 9.94. The van der Waals surface area contributed by atoms with E-state index in [4.69, 9.17) is 0 Å². The molecule has 2 heterocycles. The maximum Gasteiger partial charge on any atom is 0.225 e. The van der Waals surface area contributed by atoms with Gasteiger partial charge in [-0.2, -0.15) is 5.26 Å². The van der Waals surface area contributed by atoms with Gasteiger partial charge in [0.2, 0.25) is 5.95 Å². The van der Waals surface area contributed by atoms with Gasteiger partial charge in [0.15, 0.2) is 0 Å². The fourth-order valence-corrected chi connectivity index (χ4v) is 3.08. The van der Waals surface area contributed by atoms with Gasteiger partial charge < -0.3 is 10.2 Å². The number of hydrogen-bond acceptors (Lipinski definition) is 6. The van der Waals surface area contributed by atoms with Crippen LogP contribution >= 0.6 is 0 Å². The van der Waals surface area contributed by atoms with Crippen LogP contribution in [-0.2, 0) is 0 Å². The lowest BCUT2D eigenvalue weighted by molar-refractivity contribution is 0.192. The van der Waals surface area contributed by atoms with E-state index in [-0.39, 0.29) is 5.54 Å². The van der Waals surface area contributed by atoms with Gasteiger partial charge in [-0.05, 0) is 31.9 Å². The number of aromatic nitrogens is 2. The molecule has 1 unspecified atom stereocenters. The monoisotopic (exact) mass is 286 g/mol. The molecule has 0 radical (unpaired) electrons. The minimum absolute atomic E-state index is 0.370. The maximum atomic E-state index is 9.58. The third kappa shape index (κ3) is 2.99. The number of nitriles is 1. The number of nitrogens with zero attached hydrogens (tertiary/aromatic N) is 5. The first-order chi connectivity index (χ1) is 10.3. The fourth-order valence-electron chi connectivity index (χ4n) is 3.08. The first-order valence-corrected chi connectivity index (χ1v) is 7.62. The van der Waals surface area contributed by atoms with Crippen LogP contribution in [0.1, 0.15) is 12.8 Å². The van der Waals surface area contributed by atoms with Crippen molar-refractivity contribution >= 4 is 5.95 Å². The van der Waals surface area contributed by atoms with E-state index in [1.807, 2.05) is 13.1 Å². The number of hydrogen-bond donors (Lipinski definition) is 1. The Kier molecular flexibility index (Phi) is 4.04. The van der Waals surface area contributed by atoms with E-state index in [2.05, 4.69) is 31.2 Å². The Morgan fingerprint density at radius 3 is 2.48 bits per heavy atom. The molecule has 21 heavy (non-hydrogen) atoms. The average molecular weight is 286 g/mol. The van der Waals surface area contributed by atoms with Crippen molar-refractivity contribution in [2.75, 3.05) is 44.7 Å². The molecular weight excluding hydrogens is 264 g/mol. The van der Waals surface area contributed by atoms with Gasteiger partial charge in [-0.1, -0.05) is 0 Å². The molecular formula is C15H22N6. The van der Waals surface area contributed by atoms with E-state index >= 15 is 0 Å². The van der Waals surface area contributed by atoms with Crippen molar-refractivity contribution in [2.45, 2.75) is 18.4 Å². The highest BCUT2D eigenvalue weighted by atomic mass is 15.3. The van der Waals surface area contributed by atoms with Crippen LogP contribution in [0.4, 0.5) is 5.95 Å². The van der Waals surface area contributed by atoms with Gasteiger partial charge in [-0.3, -0.25) is 4.90 Å². The molecule has 6 heteroatoms. The van der Waals surface area contributed by atoms with Crippen LogP contribution in [0.3, 0.4) is 0 Å². The summed E-state index contributed by atoms with van der Waals surface area (Å²) in [5, 5.41) is 12.9. The third-order valence-corrected chi connectivity index (χ3v) is 4.60. The summed E-state index contributed by atoms with van der Waals surface area (Å²) in [6.07, 6.45) is 5.91. The number of rotatable bonds is 5. The molecule has 1 saturated heterocycles. The summed E-state index contributed by atoms with van der Waals surface area (Å²) in [6.45, 7) is 4.56. The maximum absolute atomic E-state index is 9.58. The summed E-state index contributed by atoms with van der Waals surface area (Å²) >= 11 is 0. The van der Waals surface area contributed by atoms with Gasteiger partial charge in [-0.25, -0.2) is 9.97 Å². The molecule has 2 aliphatic rings. The van der Waals surface area contributed by atoms with E-state index in [9.17, 15) is 5.26 Å². The number of anilines is 1. The van der Waals surface area contributed by atoms with E-state index in [0.717, 1.165) is 38.7 Å². The van der Waals surface area contributed by atoms with Crippen molar-refractivity contribution in [3.8, 4) is 6.07 Å². The van der Waals surface area contributed by atoms with E-state index in [1.165, 1.54) is 12.8 Å². The predicted octanol–water partition coefficient (Wildman–Crippen LogP) is 0.490.